The molecule has 1 nitrogen and oxygen atoms in total. The van der Waals surface area contributed by atoms with Gasteiger partial charge >= 0.3 is 0 Å². The number of carbonyl (C=O) groups excluding carboxylic acids is 1. The van der Waals surface area contributed by atoms with Gasteiger partial charge in [0.2, 0.25) is 0 Å². The normalized spacial score (nSPS) is 10.4. The van der Waals surface area contributed by atoms with Crippen LogP contribution in [-0.4, -0.2) is 3.79 Å². The van der Waals surface area contributed by atoms with Gasteiger partial charge < -0.3 is 0 Å². The lowest BCUT2D eigenvalue weighted by Crippen LogP contribution is -1.93. The number of halogens is 1. The van der Waals surface area contributed by atoms with E-state index >= 15 is 0 Å². The molecular weight excluding hydrogens is 287 g/mol. The highest BCUT2D eigenvalue weighted by Crippen LogP contribution is 2.19. The van der Waals surface area contributed by atoms with Crippen LogP contribution in [0.5, 0.6) is 0 Å². The number of hydrogen-bond donors (Lipinski definition) is 0. The fourth-order valence-electron chi connectivity index (χ4n) is 1.60. The molecule has 0 bridgehead atoms. The van der Waals surface area contributed by atoms with Gasteiger partial charge in [-0.1, -0.05) is 42.5 Å². The summed E-state index contributed by atoms with van der Waals surface area (Å²) >= 11 is 1.84. The summed E-state index contributed by atoms with van der Waals surface area (Å²) in [5.74, 6) is 0. The molecule has 0 atom stereocenters. The van der Waals surface area contributed by atoms with Gasteiger partial charge in [-0.15, -0.1) is 0 Å². The third-order valence-corrected chi connectivity index (χ3v) is 2.59. The molecule has 0 aliphatic carbocycles. The quantitative estimate of drug-likeness (QED) is 0.613. The van der Waals surface area contributed by atoms with Crippen LogP contribution in [0.2, 0.25) is 0 Å². The first-order chi connectivity index (χ1) is 6.77. The molecule has 2 rings (SSSR count). The van der Waals surface area contributed by atoms with Gasteiger partial charge in [-0.2, -0.15) is 0 Å². The van der Waals surface area contributed by atoms with Gasteiger partial charge in [0.05, 0.1) is 0 Å². The molecule has 0 saturated carbocycles. The summed E-state index contributed by atoms with van der Waals surface area (Å²) in [6.07, 6.45) is 0.516. The summed E-state index contributed by atoms with van der Waals surface area (Å²) in [6.45, 7) is 0. The Bertz CT molecular complexity index is 471. The van der Waals surface area contributed by atoms with Gasteiger partial charge in [-0.05, 0) is 38.9 Å². The summed E-state index contributed by atoms with van der Waals surface area (Å²) in [6, 6.07) is 14.2. The SMILES string of the molecule is O=C(I)Cc1cccc2ccccc12. The van der Waals surface area contributed by atoms with Crippen molar-refractivity contribution in [1.29, 1.82) is 0 Å². The van der Waals surface area contributed by atoms with Crippen LogP contribution in [0.4, 0.5) is 0 Å². The molecule has 14 heavy (non-hydrogen) atoms. The first kappa shape index (κ1) is 9.65. The highest BCUT2D eigenvalue weighted by molar-refractivity contribution is 14.1. The van der Waals surface area contributed by atoms with E-state index in [1.54, 1.807) is 0 Å². The van der Waals surface area contributed by atoms with Crippen molar-refractivity contribution in [1.82, 2.24) is 0 Å². The summed E-state index contributed by atoms with van der Waals surface area (Å²) in [5, 5.41) is 2.38. The zero-order valence-corrected chi connectivity index (χ0v) is 9.69. The number of fused-ring (bicyclic) bond motifs is 1. The van der Waals surface area contributed by atoms with Crippen molar-refractivity contribution < 1.29 is 4.79 Å². The number of carbonyl (C=O) groups is 1. The molecule has 0 aliphatic heterocycles. The largest absolute Gasteiger partial charge is 0.287 e. The Morgan fingerprint density at radius 2 is 1.79 bits per heavy atom. The van der Waals surface area contributed by atoms with Gasteiger partial charge in [0.1, 0.15) is 0 Å². The van der Waals surface area contributed by atoms with Gasteiger partial charge in [0.15, 0.2) is 3.79 Å². The highest BCUT2D eigenvalue weighted by Gasteiger charge is 2.02. The first-order valence-corrected chi connectivity index (χ1v) is 5.50. The standard InChI is InChI=1S/C12H9IO/c13-12(14)8-10-6-3-5-9-4-1-2-7-11(9)10/h1-7H,8H2. The second-order valence-electron chi connectivity index (χ2n) is 3.17. The predicted molar refractivity (Wildman–Crippen MR) is 66.7 cm³/mol. The van der Waals surface area contributed by atoms with Crippen LogP contribution < -0.4 is 0 Å². The van der Waals surface area contributed by atoms with Gasteiger partial charge in [0, 0.05) is 6.42 Å². The van der Waals surface area contributed by atoms with Crippen LogP contribution in [0.3, 0.4) is 0 Å². The molecule has 0 amide bonds. The number of benzene rings is 2. The minimum Gasteiger partial charge on any atom is -0.287 e. The molecule has 0 radical (unpaired) electrons. The maximum absolute atomic E-state index is 11.0. The van der Waals surface area contributed by atoms with Crippen molar-refractivity contribution in [3.63, 3.8) is 0 Å². The van der Waals surface area contributed by atoms with Crippen LogP contribution >= 0.6 is 22.6 Å². The van der Waals surface area contributed by atoms with E-state index in [-0.39, 0.29) is 3.79 Å². The summed E-state index contributed by atoms with van der Waals surface area (Å²) < 4.78 is 0.180. The Balaban J connectivity index is 2.59. The van der Waals surface area contributed by atoms with Crippen LogP contribution in [0.1, 0.15) is 5.56 Å². The second kappa shape index (κ2) is 4.09. The monoisotopic (exact) mass is 296 g/mol. The molecule has 0 fully saturated rings. The lowest BCUT2D eigenvalue weighted by atomic mass is 10.0. The van der Waals surface area contributed by atoms with E-state index in [2.05, 4.69) is 18.2 Å². The van der Waals surface area contributed by atoms with Crippen molar-refractivity contribution in [2.24, 2.45) is 0 Å². The molecule has 2 aromatic carbocycles. The zero-order chi connectivity index (χ0) is 9.97. The Hall–Kier alpha value is -0.900. The van der Waals surface area contributed by atoms with Crippen molar-refractivity contribution in [3.05, 3.63) is 48.0 Å². The maximum atomic E-state index is 11.0. The van der Waals surface area contributed by atoms with Crippen LogP contribution in [0, 0.1) is 0 Å². The summed E-state index contributed by atoms with van der Waals surface area (Å²) in [4.78, 5) is 11.0. The van der Waals surface area contributed by atoms with E-state index in [0.717, 1.165) is 5.56 Å². The first-order valence-electron chi connectivity index (χ1n) is 4.42. The van der Waals surface area contributed by atoms with Crippen LogP contribution in [-0.2, 0) is 11.2 Å². The molecule has 0 aromatic heterocycles. The fourth-order valence-corrected chi connectivity index (χ4v) is 2.01. The average molecular weight is 296 g/mol. The maximum Gasteiger partial charge on any atom is 0.196 e. The zero-order valence-electron chi connectivity index (χ0n) is 7.53. The van der Waals surface area contributed by atoms with Gasteiger partial charge in [-0.25, -0.2) is 0 Å². The Kier molecular flexibility index (Phi) is 2.82. The molecule has 0 aliphatic rings. The Morgan fingerprint density at radius 3 is 2.57 bits per heavy atom. The van der Waals surface area contributed by atoms with Gasteiger partial charge in [0.25, 0.3) is 0 Å². The average Bonchev–Trinajstić information content (AvgIpc) is 2.18. The van der Waals surface area contributed by atoms with E-state index < -0.39 is 0 Å². The lowest BCUT2D eigenvalue weighted by Gasteiger charge is -2.03. The minimum absolute atomic E-state index is 0.180. The highest BCUT2D eigenvalue weighted by atomic mass is 127. The van der Waals surface area contributed by atoms with E-state index in [1.165, 1.54) is 10.8 Å². The van der Waals surface area contributed by atoms with Crippen molar-refractivity contribution in [2.75, 3.05) is 0 Å². The molecule has 70 valence electrons. The Morgan fingerprint density at radius 1 is 1.07 bits per heavy atom. The number of rotatable bonds is 2. The van der Waals surface area contributed by atoms with Crippen molar-refractivity contribution >= 4 is 37.2 Å². The van der Waals surface area contributed by atoms with E-state index in [9.17, 15) is 4.79 Å². The van der Waals surface area contributed by atoms with E-state index in [0.29, 0.717) is 6.42 Å². The van der Waals surface area contributed by atoms with E-state index in [4.69, 9.17) is 0 Å². The third kappa shape index (κ3) is 1.95. The topological polar surface area (TPSA) is 17.1 Å². The van der Waals surface area contributed by atoms with Crippen molar-refractivity contribution in [3.8, 4) is 0 Å². The second-order valence-corrected chi connectivity index (χ2v) is 4.37. The molecule has 0 saturated heterocycles. The Labute approximate surface area is 96.3 Å². The van der Waals surface area contributed by atoms with Crippen LogP contribution in [0.25, 0.3) is 10.8 Å². The predicted octanol–water partition coefficient (Wildman–Crippen LogP) is 3.34. The minimum atomic E-state index is 0.180. The summed E-state index contributed by atoms with van der Waals surface area (Å²) in [7, 11) is 0. The van der Waals surface area contributed by atoms with Crippen molar-refractivity contribution in [2.45, 2.75) is 6.42 Å². The molecule has 0 unspecified atom stereocenters. The third-order valence-electron chi connectivity index (χ3n) is 2.21. The van der Waals surface area contributed by atoms with Gasteiger partial charge in [-0.3, -0.25) is 4.79 Å². The molecular formula is C12H9IO. The summed E-state index contributed by atoms with van der Waals surface area (Å²) in [5.41, 5.74) is 1.11. The lowest BCUT2D eigenvalue weighted by molar-refractivity contribution is -0.108. The molecule has 0 N–H and O–H groups in total. The molecule has 0 spiro atoms. The molecule has 0 heterocycles. The smallest absolute Gasteiger partial charge is 0.196 e. The van der Waals surface area contributed by atoms with Crippen LogP contribution in [0.15, 0.2) is 42.5 Å². The van der Waals surface area contributed by atoms with E-state index in [1.807, 2.05) is 46.9 Å². The molecule has 2 aromatic rings. The molecule has 2 heteroatoms. The number of hydrogen-bond acceptors (Lipinski definition) is 1. The fraction of sp³-hybridized carbons (Fsp3) is 0.0833.